The second-order valence-electron chi connectivity index (χ2n) is 4.70. The molecule has 1 unspecified atom stereocenters. The van der Waals surface area contributed by atoms with Crippen LogP contribution in [0.1, 0.15) is 28.8 Å². The molecule has 96 valence electrons. The number of amides is 1. The predicted octanol–water partition coefficient (Wildman–Crippen LogP) is 1.17. The van der Waals surface area contributed by atoms with Crippen molar-refractivity contribution < 1.29 is 14.7 Å². The lowest BCUT2D eigenvalue weighted by atomic mass is 10.1. The van der Waals surface area contributed by atoms with E-state index in [1.165, 1.54) is 0 Å². The van der Waals surface area contributed by atoms with Crippen LogP contribution in [0.25, 0.3) is 0 Å². The Kier molecular flexibility index (Phi) is 3.23. The number of carbonyl (C=O) groups is 2. The maximum atomic E-state index is 11.9. The maximum absolute atomic E-state index is 11.9. The number of carboxylic acids is 1. The van der Waals surface area contributed by atoms with Gasteiger partial charge >= 0.3 is 5.97 Å². The molecule has 0 saturated heterocycles. The molecule has 1 aromatic carbocycles. The van der Waals surface area contributed by atoms with E-state index in [1.54, 1.807) is 18.2 Å². The van der Waals surface area contributed by atoms with E-state index in [1.807, 2.05) is 6.92 Å². The summed E-state index contributed by atoms with van der Waals surface area (Å²) in [5, 5.41) is 11.6. The number of benzene rings is 1. The third-order valence-electron chi connectivity index (χ3n) is 3.19. The lowest BCUT2D eigenvalue weighted by Crippen LogP contribution is -2.42. The molecule has 0 aliphatic heterocycles. The average molecular weight is 248 g/mol. The van der Waals surface area contributed by atoms with Crippen LogP contribution in [0.15, 0.2) is 18.2 Å². The number of anilines is 1. The molecule has 1 atom stereocenters. The topological polar surface area (TPSA) is 92.4 Å². The fourth-order valence-corrected chi connectivity index (χ4v) is 1.82. The van der Waals surface area contributed by atoms with Gasteiger partial charge in [0, 0.05) is 11.3 Å². The molecule has 4 N–H and O–H groups in total. The van der Waals surface area contributed by atoms with Crippen LogP contribution in [0.3, 0.4) is 0 Å². The molecule has 0 heterocycles. The molecule has 1 aliphatic rings. The smallest absolute Gasteiger partial charge is 0.326 e. The van der Waals surface area contributed by atoms with Crippen LogP contribution < -0.4 is 11.1 Å². The van der Waals surface area contributed by atoms with Crippen molar-refractivity contribution in [1.29, 1.82) is 0 Å². The zero-order valence-electron chi connectivity index (χ0n) is 10.1. The number of hydrogen-bond donors (Lipinski definition) is 3. The van der Waals surface area contributed by atoms with Crippen molar-refractivity contribution in [3.63, 3.8) is 0 Å². The molecule has 1 amide bonds. The number of carboxylic acid groups (broad SMARTS) is 1. The first-order chi connectivity index (χ1) is 8.49. The minimum Gasteiger partial charge on any atom is -0.480 e. The minimum absolute atomic E-state index is 0.0641. The summed E-state index contributed by atoms with van der Waals surface area (Å²) >= 11 is 0. The van der Waals surface area contributed by atoms with E-state index in [0.717, 1.165) is 18.4 Å². The highest BCUT2D eigenvalue weighted by Gasteiger charge is 2.37. The van der Waals surface area contributed by atoms with Crippen molar-refractivity contribution in [2.45, 2.75) is 25.8 Å². The Labute approximate surface area is 105 Å². The Balaban J connectivity index is 2.10. The molecule has 1 fully saturated rings. The molecule has 5 heteroatoms. The van der Waals surface area contributed by atoms with Crippen molar-refractivity contribution in [3.8, 4) is 0 Å². The number of rotatable bonds is 4. The number of aryl methyl sites for hydroxylation is 1. The highest BCUT2D eigenvalue weighted by atomic mass is 16.4. The van der Waals surface area contributed by atoms with E-state index in [9.17, 15) is 9.59 Å². The van der Waals surface area contributed by atoms with Crippen molar-refractivity contribution >= 4 is 17.6 Å². The van der Waals surface area contributed by atoms with Crippen LogP contribution in [0.2, 0.25) is 0 Å². The first-order valence-electron chi connectivity index (χ1n) is 5.89. The van der Waals surface area contributed by atoms with Crippen LogP contribution in [-0.4, -0.2) is 23.0 Å². The molecule has 18 heavy (non-hydrogen) atoms. The number of nitrogen functional groups attached to an aromatic ring is 1. The molecule has 5 nitrogen and oxygen atoms in total. The summed E-state index contributed by atoms with van der Waals surface area (Å²) in [5.74, 6) is -1.30. The molecular formula is C13H16N2O3. The van der Waals surface area contributed by atoms with E-state index in [-0.39, 0.29) is 11.8 Å². The van der Waals surface area contributed by atoms with E-state index in [2.05, 4.69) is 5.32 Å². The van der Waals surface area contributed by atoms with Gasteiger partial charge in [-0.1, -0.05) is 6.07 Å². The van der Waals surface area contributed by atoms with E-state index in [4.69, 9.17) is 10.8 Å². The molecule has 0 spiro atoms. The second kappa shape index (κ2) is 4.68. The average Bonchev–Trinajstić information content (AvgIpc) is 3.13. The molecule has 1 saturated carbocycles. The van der Waals surface area contributed by atoms with E-state index >= 15 is 0 Å². The van der Waals surface area contributed by atoms with Crippen molar-refractivity contribution in [3.05, 3.63) is 29.3 Å². The third-order valence-corrected chi connectivity index (χ3v) is 3.19. The van der Waals surface area contributed by atoms with Crippen molar-refractivity contribution in [2.75, 3.05) is 5.73 Å². The summed E-state index contributed by atoms with van der Waals surface area (Å²) in [6.45, 7) is 1.85. The summed E-state index contributed by atoms with van der Waals surface area (Å²) in [7, 11) is 0. The summed E-state index contributed by atoms with van der Waals surface area (Å²) in [6.07, 6.45) is 1.71. The summed E-state index contributed by atoms with van der Waals surface area (Å²) in [5.41, 5.74) is 7.54. The lowest BCUT2D eigenvalue weighted by Gasteiger charge is -2.14. The molecule has 0 aromatic heterocycles. The van der Waals surface area contributed by atoms with Gasteiger partial charge in [-0.2, -0.15) is 0 Å². The van der Waals surface area contributed by atoms with Crippen LogP contribution in [-0.2, 0) is 4.79 Å². The van der Waals surface area contributed by atoms with Gasteiger partial charge in [-0.3, -0.25) is 4.79 Å². The van der Waals surface area contributed by atoms with Crippen LogP contribution in [0, 0.1) is 12.8 Å². The summed E-state index contributed by atoms with van der Waals surface area (Å²) < 4.78 is 0. The Morgan fingerprint density at radius 3 is 2.61 bits per heavy atom. The number of aliphatic carboxylic acids is 1. The summed E-state index contributed by atoms with van der Waals surface area (Å²) in [4.78, 5) is 23.0. The van der Waals surface area contributed by atoms with Gasteiger partial charge in [0.05, 0.1) is 0 Å². The van der Waals surface area contributed by atoms with Crippen LogP contribution in [0.4, 0.5) is 5.69 Å². The van der Waals surface area contributed by atoms with Gasteiger partial charge in [0.2, 0.25) is 0 Å². The van der Waals surface area contributed by atoms with Gasteiger partial charge in [0.25, 0.3) is 5.91 Å². The van der Waals surface area contributed by atoms with Crippen LogP contribution in [0.5, 0.6) is 0 Å². The van der Waals surface area contributed by atoms with Gasteiger partial charge in [0.15, 0.2) is 0 Å². The predicted molar refractivity (Wildman–Crippen MR) is 67.2 cm³/mol. The van der Waals surface area contributed by atoms with Crippen molar-refractivity contribution in [2.24, 2.45) is 5.92 Å². The van der Waals surface area contributed by atoms with Gasteiger partial charge in [-0.25, -0.2) is 4.79 Å². The lowest BCUT2D eigenvalue weighted by molar-refractivity contribution is -0.139. The van der Waals surface area contributed by atoms with E-state index in [0.29, 0.717) is 11.3 Å². The van der Waals surface area contributed by atoms with Gasteiger partial charge in [-0.05, 0) is 43.4 Å². The number of hydrogen-bond acceptors (Lipinski definition) is 3. The second-order valence-corrected chi connectivity index (χ2v) is 4.70. The highest BCUT2D eigenvalue weighted by Crippen LogP contribution is 2.32. The monoisotopic (exact) mass is 248 g/mol. The Morgan fingerprint density at radius 1 is 1.44 bits per heavy atom. The van der Waals surface area contributed by atoms with Gasteiger partial charge in [-0.15, -0.1) is 0 Å². The fraction of sp³-hybridized carbons (Fsp3) is 0.385. The Bertz CT molecular complexity index is 495. The van der Waals surface area contributed by atoms with Crippen LogP contribution >= 0.6 is 0 Å². The Morgan fingerprint density at radius 2 is 2.11 bits per heavy atom. The molecular weight excluding hydrogens is 232 g/mol. The Hall–Kier alpha value is -2.04. The maximum Gasteiger partial charge on any atom is 0.326 e. The highest BCUT2D eigenvalue weighted by molar-refractivity contribution is 5.97. The standard InChI is InChI=1S/C13H16N2O3/c1-7-2-3-9(6-10(7)14)12(16)15-11(13(17)18)8-4-5-8/h2-3,6,8,11H,4-5,14H2,1H3,(H,15,16)(H,17,18). The molecule has 0 radical (unpaired) electrons. The fourth-order valence-electron chi connectivity index (χ4n) is 1.82. The number of nitrogens with one attached hydrogen (secondary N) is 1. The normalized spacial score (nSPS) is 16.1. The molecule has 1 aliphatic carbocycles. The summed E-state index contributed by atoms with van der Waals surface area (Å²) in [6, 6.07) is 4.17. The number of carbonyl (C=O) groups excluding carboxylic acids is 1. The van der Waals surface area contributed by atoms with Gasteiger partial charge in [0.1, 0.15) is 6.04 Å². The third kappa shape index (κ3) is 2.61. The van der Waals surface area contributed by atoms with E-state index < -0.39 is 12.0 Å². The number of nitrogens with two attached hydrogens (primary N) is 1. The first-order valence-corrected chi connectivity index (χ1v) is 5.89. The molecule has 0 bridgehead atoms. The molecule has 2 rings (SSSR count). The van der Waals surface area contributed by atoms with Crippen molar-refractivity contribution in [1.82, 2.24) is 5.32 Å². The zero-order valence-corrected chi connectivity index (χ0v) is 10.1. The largest absolute Gasteiger partial charge is 0.480 e. The quantitative estimate of drug-likeness (QED) is 0.697. The minimum atomic E-state index is -0.981. The molecule has 1 aromatic rings. The SMILES string of the molecule is Cc1ccc(C(=O)NC(C(=O)O)C2CC2)cc1N. The zero-order chi connectivity index (χ0) is 13.3. The first kappa shape index (κ1) is 12.4. The van der Waals surface area contributed by atoms with Gasteiger partial charge < -0.3 is 16.2 Å².